The molecule has 0 saturated heterocycles. The number of halogens is 2. The first-order valence-electron chi connectivity index (χ1n) is 13.5. The van der Waals surface area contributed by atoms with Crippen molar-refractivity contribution in [2.75, 3.05) is 0 Å². The number of carbonyl (C=O) groups is 1. The first-order chi connectivity index (χ1) is 22.1. The molecule has 5 aromatic carbocycles. The van der Waals surface area contributed by atoms with Crippen LogP contribution in [0.25, 0.3) is 44.5 Å². The molecule has 0 spiro atoms. The smallest absolute Gasteiger partial charge is 1.00 e. The molecule has 0 aliphatic rings. The summed E-state index contributed by atoms with van der Waals surface area (Å²) >= 11 is 0. The van der Waals surface area contributed by atoms with E-state index in [4.69, 9.17) is 10.1 Å². The SMILES string of the molecule is Fc1ccccc1F.O=CO[O-].[H-].[K+].[K+].c1ccc(-n2cnc3ccccc32)c(-n2cnc3ccccc32)c1.c1ccc2[nH]cnc2c1. The first kappa shape index (κ1) is 38.5. The Kier molecular flexibility index (Phi) is 16.2. The molecule has 1 N–H and O–H groups in total. The van der Waals surface area contributed by atoms with Crippen LogP contribution in [0.5, 0.6) is 0 Å². The minimum absolute atomic E-state index is 0. The van der Waals surface area contributed by atoms with E-state index in [-0.39, 0.29) is 111 Å². The van der Waals surface area contributed by atoms with E-state index in [1.165, 1.54) is 12.1 Å². The molecule has 0 aliphatic heterocycles. The first-order valence-corrected chi connectivity index (χ1v) is 13.5. The molecule has 0 atom stereocenters. The van der Waals surface area contributed by atoms with Crippen LogP contribution in [0.3, 0.4) is 0 Å². The van der Waals surface area contributed by atoms with Gasteiger partial charge in [-0.3, -0.25) is 13.9 Å². The Balaban J connectivity index is 0.000000276. The third-order valence-electron chi connectivity index (χ3n) is 6.50. The van der Waals surface area contributed by atoms with Crippen LogP contribution in [-0.4, -0.2) is 35.5 Å². The summed E-state index contributed by atoms with van der Waals surface area (Å²) in [6.45, 7) is -0.181. The largest absolute Gasteiger partial charge is 1.00 e. The van der Waals surface area contributed by atoms with Crippen molar-refractivity contribution in [2.24, 2.45) is 0 Å². The van der Waals surface area contributed by atoms with E-state index in [0.717, 1.165) is 56.6 Å². The van der Waals surface area contributed by atoms with Gasteiger partial charge >= 0.3 is 103 Å². The quantitative estimate of drug-likeness (QED) is 0.125. The fourth-order valence-electron chi connectivity index (χ4n) is 4.49. The maximum absolute atomic E-state index is 11.9. The van der Waals surface area contributed by atoms with Gasteiger partial charge in [0, 0.05) is 0 Å². The number of fused-ring (bicyclic) bond motifs is 3. The Bertz CT molecular complexity index is 2010. The average Bonchev–Trinajstić information content (AvgIpc) is 3.85. The number of para-hydroxylation sites is 8. The Labute approximate surface area is 354 Å². The average molecular weight is 683 g/mol. The summed E-state index contributed by atoms with van der Waals surface area (Å²) in [7, 11) is 0. The van der Waals surface area contributed by atoms with Crippen LogP contribution >= 0.6 is 0 Å². The number of benzene rings is 5. The van der Waals surface area contributed by atoms with Crippen molar-refractivity contribution >= 4 is 39.6 Å². The molecule has 8 rings (SSSR count). The number of hydrogen-bond donors (Lipinski definition) is 1. The second-order valence-electron chi connectivity index (χ2n) is 9.22. The fourth-order valence-corrected chi connectivity index (χ4v) is 4.49. The predicted molar refractivity (Wildman–Crippen MR) is 166 cm³/mol. The van der Waals surface area contributed by atoms with Gasteiger partial charge in [-0.15, -0.1) is 0 Å². The molecule has 0 amide bonds. The van der Waals surface area contributed by atoms with Crippen LogP contribution in [0.1, 0.15) is 1.43 Å². The second-order valence-corrected chi connectivity index (χ2v) is 9.22. The molecule has 47 heavy (non-hydrogen) atoms. The van der Waals surface area contributed by atoms with Crippen molar-refractivity contribution < 1.29 is 128 Å². The monoisotopic (exact) mass is 682 g/mol. The minimum Gasteiger partial charge on any atom is -1.00 e. The number of rotatable bonds is 3. The standard InChI is InChI=1S/C20H14N4.C7H6N2.C6H4F2.CH2O3.2K.H/c1-3-9-17-15(7-1)21-13-23(17)19-11-5-6-12-20(19)24-14-22-16-8-2-4-10-18(16)24;1-2-4-7-6(3-1)8-5-9-7;7-5-3-1-2-4-6(5)8;2-1-4-3;;;/h1-14H;1-5H,(H,8,9);1-4H;1,3H;;;/q;;;;2*+1;-1/p-1. The van der Waals surface area contributed by atoms with Gasteiger partial charge in [-0.1, -0.05) is 60.7 Å². The van der Waals surface area contributed by atoms with Gasteiger partial charge in [0.1, 0.15) is 12.7 Å². The van der Waals surface area contributed by atoms with Crippen molar-refractivity contribution in [3.8, 4) is 11.4 Å². The third kappa shape index (κ3) is 10.0. The molecule has 9 nitrogen and oxygen atoms in total. The Hall–Kier alpha value is -2.93. The number of aromatic nitrogens is 6. The van der Waals surface area contributed by atoms with Gasteiger partial charge in [-0.25, -0.2) is 23.7 Å². The van der Waals surface area contributed by atoms with Crippen LogP contribution in [0.2, 0.25) is 0 Å². The molecule has 0 radical (unpaired) electrons. The van der Waals surface area contributed by atoms with E-state index in [0.29, 0.717) is 0 Å². The van der Waals surface area contributed by atoms with E-state index in [1.54, 1.807) is 6.33 Å². The minimum atomic E-state index is -0.799. The zero-order valence-corrected chi connectivity index (χ0v) is 31.8. The van der Waals surface area contributed by atoms with Gasteiger partial charge in [-0.05, 0) is 60.7 Å². The summed E-state index contributed by atoms with van der Waals surface area (Å²) in [5, 5.41) is 8.43. The number of nitrogens with zero attached hydrogens (tertiary/aromatic N) is 5. The summed E-state index contributed by atoms with van der Waals surface area (Å²) in [4.78, 5) is 27.4. The van der Waals surface area contributed by atoms with Gasteiger partial charge in [0.15, 0.2) is 11.6 Å². The van der Waals surface area contributed by atoms with E-state index in [1.807, 2.05) is 85.5 Å². The van der Waals surface area contributed by atoms with Gasteiger partial charge in [-0.2, -0.15) is 0 Å². The van der Waals surface area contributed by atoms with E-state index in [2.05, 4.69) is 58.2 Å². The molecular formula is C34H26F2K2N6O3. The maximum Gasteiger partial charge on any atom is 1.00 e. The predicted octanol–water partition coefficient (Wildman–Crippen LogP) is 0.447. The van der Waals surface area contributed by atoms with Crippen molar-refractivity contribution in [1.29, 1.82) is 0 Å². The molecule has 0 bridgehead atoms. The van der Waals surface area contributed by atoms with Crippen molar-refractivity contribution in [3.05, 3.63) is 152 Å². The molecule has 0 aliphatic carbocycles. The third-order valence-corrected chi connectivity index (χ3v) is 6.50. The molecule has 226 valence electrons. The van der Waals surface area contributed by atoms with Crippen LogP contribution in [-0.2, 0) is 9.68 Å². The molecule has 3 aromatic heterocycles. The Morgan fingerprint density at radius 3 is 1.47 bits per heavy atom. The number of hydrogen-bond acceptors (Lipinski definition) is 6. The Morgan fingerprint density at radius 2 is 1.02 bits per heavy atom. The van der Waals surface area contributed by atoms with Gasteiger partial charge in [0.25, 0.3) is 6.47 Å². The van der Waals surface area contributed by atoms with Gasteiger partial charge in [0.2, 0.25) is 0 Å². The fraction of sp³-hybridized carbons (Fsp3) is 0. The maximum atomic E-state index is 11.9. The normalized spacial score (nSPS) is 9.77. The number of nitrogens with one attached hydrogen (secondary N) is 1. The topological polar surface area (TPSA) is 114 Å². The molecule has 0 unspecified atom stereocenters. The number of aromatic amines is 1. The van der Waals surface area contributed by atoms with Crippen LogP contribution in [0.15, 0.2) is 140 Å². The molecule has 0 saturated carbocycles. The van der Waals surface area contributed by atoms with E-state index < -0.39 is 11.6 Å². The van der Waals surface area contributed by atoms with Crippen molar-refractivity contribution in [3.63, 3.8) is 0 Å². The number of imidazole rings is 3. The zero-order chi connectivity index (χ0) is 31.4. The summed E-state index contributed by atoms with van der Waals surface area (Å²) in [6, 6.07) is 37.6. The summed E-state index contributed by atoms with van der Waals surface area (Å²) in [6.07, 6.45) is 5.45. The number of H-pyrrole nitrogens is 1. The van der Waals surface area contributed by atoms with Crippen molar-refractivity contribution in [2.45, 2.75) is 0 Å². The summed E-state index contributed by atoms with van der Waals surface area (Å²) < 4.78 is 28.1. The van der Waals surface area contributed by atoms with Crippen molar-refractivity contribution in [1.82, 2.24) is 29.1 Å². The molecular weight excluding hydrogens is 657 g/mol. The van der Waals surface area contributed by atoms with E-state index >= 15 is 0 Å². The second kappa shape index (κ2) is 19.8. The van der Waals surface area contributed by atoms with Crippen LogP contribution in [0.4, 0.5) is 8.78 Å². The zero-order valence-electron chi connectivity index (χ0n) is 26.6. The molecule has 13 heteroatoms. The van der Waals surface area contributed by atoms with Gasteiger partial charge < -0.3 is 16.6 Å². The Morgan fingerprint density at radius 1 is 0.617 bits per heavy atom. The van der Waals surface area contributed by atoms with Crippen LogP contribution < -0.4 is 108 Å². The number of carbonyl (C=O) groups excluding carboxylic acids is 1. The summed E-state index contributed by atoms with van der Waals surface area (Å²) in [5.41, 5.74) is 8.44. The van der Waals surface area contributed by atoms with Crippen LogP contribution in [0, 0.1) is 11.6 Å². The molecule has 0 fully saturated rings. The van der Waals surface area contributed by atoms with E-state index in [9.17, 15) is 8.78 Å². The molecule has 8 aromatic rings. The summed E-state index contributed by atoms with van der Waals surface area (Å²) in [5.74, 6) is -1.60. The van der Waals surface area contributed by atoms with Gasteiger partial charge in [0.05, 0.1) is 50.8 Å². The molecule has 3 heterocycles.